The second-order valence-corrected chi connectivity index (χ2v) is 11.7. The normalized spacial score (nSPS) is 15.8. The molecule has 1 saturated heterocycles. The quantitative estimate of drug-likeness (QED) is 0.0770. The topological polar surface area (TPSA) is 134 Å². The third-order valence-corrected chi connectivity index (χ3v) is 8.20. The Labute approximate surface area is 266 Å². The number of esters is 1. The molecule has 45 heavy (non-hydrogen) atoms. The average molecular weight is 639 g/mol. The number of amides is 1. The van der Waals surface area contributed by atoms with Gasteiger partial charge in [-0.05, 0) is 61.2 Å². The number of anilines is 1. The molecule has 240 valence electrons. The Balaban J connectivity index is 1.88. The zero-order valence-corrected chi connectivity index (χ0v) is 27.3. The lowest BCUT2D eigenvalue weighted by Crippen LogP contribution is -2.29. The van der Waals surface area contributed by atoms with Gasteiger partial charge in [0.05, 0.1) is 51.9 Å². The molecular weight excluding hydrogens is 600 g/mol. The lowest BCUT2D eigenvalue weighted by molar-refractivity contribution is -0.132. The Morgan fingerprint density at radius 1 is 1.04 bits per heavy atom. The number of ketones is 1. The van der Waals surface area contributed by atoms with E-state index < -0.39 is 23.7 Å². The third kappa shape index (κ3) is 6.90. The van der Waals surface area contributed by atoms with Crippen molar-refractivity contribution in [2.45, 2.75) is 46.6 Å². The Bertz CT molecular complexity index is 1570. The first kappa shape index (κ1) is 33.3. The van der Waals surface area contributed by atoms with Crippen molar-refractivity contribution in [1.29, 1.82) is 0 Å². The van der Waals surface area contributed by atoms with Crippen LogP contribution in [0.5, 0.6) is 23.0 Å². The molecule has 4 rings (SSSR count). The van der Waals surface area contributed by atoms with Gasteiger partial charge in [-0.3, -0.25) is 14.5 Å². The highest BCUT2D eigenvalue weighted by atomic mass is 32.1. The van der Waals surface area contributed by atoms with Gasteiger partial charge in [-0.1, -0.05) is 38.5 Å². The van der Waals surface area contributed by atoms with E-state index in [4.69, 9.17) is 23.7 Å². The van der Waals surface area contributed by atoms with Crippen molar-refractivity contribution in [1.82, 2.24) is 4.98 Å². The number of Topliss-reactive ketones (excluding diaryl/α,β-unsaturated/α-hetero) is 1. The number of aliphatic hydroxyl groups is 1. The number of thiazole rings is 1. The van der Waals surface area contributed by atoms with Gasteiger partial charge in [0.2, 0.25) is 5.75 Å². The second kappa shape index (κ2) is 14.5. The molecule has 0 spiro atoms. The first-order valence-electron chi connectivity index (χ1n) is 14.5. The predicted molar refractivity (Wildman–Crippen MR) is 170 cm³/mol. The lowest BCUT2D eigenvalue weighted by atomic mass is 9.94. The predicted octanol–water partition coefficient (Wildman–Crippen LogP) is 6.10. The largest absolute Gasteiger partial charge is 0.507 e. The molecule has 1 aliphatic heterocycles. The SMILES string of the molecule is CCCCOc1ccc(/C(O)=C2/C(=O)C(=O)N(c3nc(C)c(C(=O)OCC(C)C)s3)C2c2cc(OC)c(OC)c(OC)c2)cc1. The molecule has 1 N–H and O–H groups in total. The maximum absolute atomic E-state index is 13.7. The number of rotatable bonds is 13. The number of hydrogen-bond donors (Lipinski definition) is 1. The molecule has 0 bridgehead atoms. The number of aliphatic hydroxyl groups excluding tert-OH is 1. The number of benzene rings is 2. The number of unbranched alkanes of at least 4 members (excludes halogenated alkanes) is 1. The number of nitrogens with zero attached hydrogens (tertiary/aromatic N) is 2. The first-order chi connectivity index (χ1) is 21.6. The van der Waals surface area contributed by atoms with Crippen LogP contribution in [0.1, 0.15) is 66.1 Å². The van der Waals surface area contributed by atoms with E-state index in [0.29, 0.717) is 34.9 Å². The molecular formula is C33H38N2O9S. The van der Waals surface area contributed by atoms with Crippen molar-refractivity contribution in [3.05, 3.63) is 63.7 Å². The van der Waals surface area contributed by atoms with E-state index in [9.17, 15) is 19.5 Å². The minimum atomic E-state index is -1.16. The van der Waals surface area contributed by atoms with E-state index in [-0.39, 0.29) is 45.4 Å². The minimum absolute atomic E-state index is 0.0866. The van der Waals surface area contributed by atoms with Gasteiger partial charge in [0.1, 0.15) is 16.4 Å². The van der Waals surface area contributed by atoms with Crippen LogP contribution in [0.3, 0.4) is 0 Å². The Hall–Kier alpha value is -4.58. The van der Waals surface area contributed by atoms with Crippen molar-refractivity contribution in [2.24, 2.45) is 5.92 Å². The fraction of sp³-hybridized carbons (Fsp3) is 0.394. The molecule has 12 heteroatoms. The molecule has 0 radical (unpaired) electrons. The number of methoxy groups -OCH3 is 3. The number of carbonyl (C=O) groups is 3. The van der Waals surface area contributed by atoms with Gasteiger partial charge in [-0.15, -0.1) is 0 Å². The summed E-state index contributed by atoms with van der Waals surface area (Å²) < 4.78 is 27.7. The molecule has 2 aromatic carbocycles. The number of aromatic nitrogens is 1. The monoisotopic (exact) mass is 638 g/mol. The Morgan fingerprint density at radius 2 is 1.69 bits per heavy atom. The van der Waals surface area contributed by atoms with E-state index in [2.05, 4.69) is 11.9 Å². The van der Waals surface area contributed by atoms with Crippen LogP contribution in [0.2, 0.25) is 0 Å². The highest BCUT2D eigenvalue weighted by molar-refractivity contribution is 7.17. The van der Waals surface area contributed by atoms with Crippen LogP contribution in [-0.2, 0) is 14.3 Å². The van der Waals surface area contributed by atoms with Crippen LogP contribution in [0.15, 0.2) is 42.0 Å². The van der Waals surface area contributed by atoms with Crippen LogP contribution < -0.4 is 23.8 Å². The Kier molecular flexibility index (Phi) is 10.7. The van der Waals surface area contributed by atoms with Crippen molar-refractivity contribution in [3.8, 4) is 23.0 Å². The summed E-state index contributed by atoms with van der Waals surface area (Å²) >= 11 is 0.928. The lowest BCUT2D eigenvalue weighted by Gasteiger charge is -2.24. The highest BCUT2D eigenvalue weighted by Crippen LogP contribution is 2.48. The maximum atomic E-state index is 13.7. The molecule has 1 aromatic heterocycles. The summed E-state index contributed by atoms with van der Waals surface area (Å²) in [6.07, 6.45) is 1.88. The summed E-state index contributed by atoms with van der Waals surface area (Å²) in [5, 5.41) is 11.7. The van der Waals surface area contributed by atoms with Gasteiger partial charge in [-0.2, -0.15) is 0 Å². The zero-order chi connectivity index (χ0) is 32.8. The van der Waals surface area contributed by atoms with Crippen LogP contribution in [0.25, 0.3) is 5.76 Å². The molecule has 0 saturated carbocycles. The van der Waals surface area contributed by atoms with Gasteiger partial charge >= 0.3 is 11.9 Å². The van der Waals surface area contributed by atoms with Crippen molar-refractivity contribution in [2.75, 3.05) is 39.4 Å². The smallest absolute Gasteiger partial charge is 0.350 e. The van der Waals surface area contributed by atoms with Crippen LogP contribution in [0.4, 0.5) is 5.13 Å². The Morgan fingerprint density at radius 3 is 2.24 bits per heavy atom. The molecule has 1 fully saturated rings. The van der Waals surface area contributed by atoms with Crippen molar-refractivity contribution >= 4 is 39.9 Å². The minimum Gasteiger partial charge on any atom is -0.507 e. The molecule has 0 aliphatic carbocycles. The van der Waals surface area contributed by atoms with Gasteiger partial charge in [0.15, 0.2) is 16.6 Å². The fourth-order valence-electron chi connectivity index (χ4n) is 4.79. The van der Waals surface area contributed by atoms with E-state index in [0.717, 1.165) is 24.2 Å². The van der Waals surface area contributed by atoms with Crippen molar-refractivity contribution < 1.29 is 43.2 Å². The second-order valence-electron chi connectivity index (χ2n) is 10.8. The van der Waals surface area contributed by atoms with Gasteiger partial charge < -0.3 is 28.8 Å². The van der Waals surface area contributed by atoms with Gasteiger partial charge in [0.25, 0.3) is 5.78 Å². The number of hydrogen-bond acceptors (Lipinski definition) is 11. The summed E-state index contributed by atoms with van der Waals surface area (Å²) in [6, 6.07) is 8.65. The molecule has 11 nitrogen and oxygen atoms in total. The maximum Gasteiger partial charge on any atom is 0.350 e. The average Bonchev–Trinajstić information content (AvgIpc) is 3.54. The number of ether oxygens (including phenoxy) is 5. The van der Waals surface area contributed by atoms with E-state index in [1.54, 1.807) is 43.3 Å². The van der Waals surface area contributed by atoms with Crippen LogP contribution in [0, 0.1) is 12.8 Å². The summed E-state index contributed by atoms with van der Waals surface area (Å²) in [4.78, 5) is 46.2. The summed E-state index contributed by atoms with van der Waals surface area (Å²) in [6.45, 7) is 8.29. The van der Waals surface area contributed by atoms with E-state index in [1.807, 2.05) is 13.8 Å². The third-order valence-electron chi connectivity index (χ3n) is 7.07. The van der Waals surface area contributed by atoms with Crippen LogP contribution in [-0.4, -0.2) is 62.3 Å². The number of carbonyl (C=O) groups excluding carboxylic acids is 3. The molecule has 1 unspecified atom stereocenters. The highest BCUT2D eigenvalue weighted by Gasteiger charge is 2.49. The molecule has 1 amide bonds. The van der Waals surface area contributed by atoms with Gasteiger partial charge in [0, 0.05) is 5.56 Å². The molecule has 1 atom stereocenters. The molecule has 2 heterocycles. The first-order valence-corrected chi connectivity index (χ1v) is 15.4. The summed E-state index contributed by atoms with van der Waals surface area (Å²) in [5.74, 6) is -1.23. The van der Waals surface area contributed by atoms with Crippen molar-refractivity contribution in [3.63, 3.8) is 0 Å². The standard InChI is InChI=1S/C33H38N2O9S/c1-8-9-14-43-22-12-10-20(11-13-22)27(36)25-26(21-15-23(40-5)29(42-7)24(16-21)41-6)35(31(38)28(25)37)33-34-19(4)30(45-33)32(39)44-17-18(2)3/h10-13,15-16,18,26,36H,8-9,14,17H2,1-7H3/b27-25-. The molecule has 1 aliphatic rings. The van der Waals surface area contributed by atoms with Gasteiger partial charge in [-0.25, -0.2) is 9.78 Å². The zero-order valence-electron chi connectivity index (χ0n) is 26.5. The summed E-state index contributed by atoms with van der Waals surface area (Å²) in [7, 11) is 4.35. The van der Waals surface area contributed by atoms with Crippen LogP contribution >= 0.6 is 11.3 Å². The number of aryl methyl sites for hydroxylation is 1. The van der Waals surface area contributed by atoms with E-state index in [1.165, 1.54) is 26.2 Å². The fourth-order valence-corrected chi connectivity index (χ4v) is 5.77. The summed E-state index contributed by atoms with van der Waals surface area (Å²) in [5.41, 5.74) is 0.849. The molecule has 3 aromatic rings. The van der Waals surface area contributed by atoms with E-state index >= 15 is 0 Å².